The minimum absolute atomic E-state index is 0.0742. The van der Waals surface area contributed by atoms with Crippen LogP contribution in [0.4, 0.5) is 4.79 Å². The lowest BCUT2D eigenvalue weighted by Gasteiger charge is -2.20. The number of fused-ring (bicyclic) bond motifs is 1. The Morgan fingerprint density at radius 1 is 1.17 bits per heavy atom. The highest BCUT2D eigenvalue weighted by molar-refractivity contribution is 5.80. The Hall–Kier alpha value is -3.02. The summed E-state index contributed by atoms with van der Waals surface area (Å²) in [5.41, 5.74) is 1.75. The van der Waals surface area contributed by atoms with Crippen molar-refractivity contribution in [2.24, 2.45) is 0 Å². The van der Waals surface area contributed by atoms with E-state index in [1.165, 1.54) is 0 Å². The average molecular weight is 327 g/mol. The normalized spacial score (nSPS) is 16.6. The number of benzene rings is 2. The number of rotatable bonds is 5. The maximum absolute atomic E-state index is 11.9. The molecule has 0 spiro atoms. The van der Waals surface area contributed by atoms with Crippen LogP contribution >= 0.6 is 0 Å². The van der Waals surface area contributed by atoms with E-state index in [0.717, 1.165) is 11.1 Å². The van der Waals surface area contributed by atoms with Crippen molar-refractivity contribution in [2.45, 2.75) is 25.2 Å². The number of hydrogen-bond donors (Lipinski definition) is 2. The number of alkyl carbamates (subject to hydrolysis) is 1. The molecule has 124 valence electrons. The van der Waals surface area contributed by atoms with Crippen molar-refractivity contribution in [3.05, 3.63) is 65.7 Å². The van der Waals surface area contributed by atoms with Gasteiger partial charge in [-0.3, -0.25) is 0 Å². The molecule has 6 heteroatoms. The average Bonchev–Trinajstić information content (AvgIpc) is 3.02. The van der Waals surface area contributed by atoms with E-state index in [0.29, 0.717) is 12.2 Å². The van der Waals surface area contributed by atoms with Gasteiger partial charge in [0.1, 0.15) is 18.5 Å². The summed E-state index contributed by atoms with van der Waals surface area (Å²) in [5, 5.41) is 11.8. The first-order chi connectivity index (χ1) is 11.6. The monoisotopic (exact) mass is 327 g/mol. The molecule has 0 unspecified atom stereocenters. The van der Waals surface area contributed by atoms with Gasteiger partial charge in [0.15, 0.2) is 6.04 Å². The van der Waals surface area contributed by atoms with Crippen LogP contribution < -0.4 is 10.1 Å². The lowest BCUT2D eigenvalue weighted by Crippen LogP contribution is -2.50. The summed E-state index contributed by atoms with van der Waals surface area (Å²) in [6, 6.07) is 15.3. The number of carboxylic acids is 1. The van der Waals surface area contributed by atoms with Crippen LogP contribution in [0.25, 0.3) is 0 Å². The lowest BCUT2D eigenvalue weighted by atomic mass is 10.0. The van der Waals surface area contributed by atoms with Crippen molar-refractivity contribution in [3.8, 4) is 5.75 Å². The van der Waals surface area contributed by atoms with E-state index in [-0.39, 0.29) is 6.61 Å². The molecule has 0 aliphatic carbocycles. The molecule has 0 bridgehead atoms. The van der Waals surface area contributed by atoms with Crippen LogP contribution in [0.3, 0.4) is 0 Å². The molecule has 2 aromatic rings. The van der Waals surface area contributed by atoms with Gasteiger partial charge in [0.25, 0.3) is 0 Å². The van der Waals surface area contributed by atoms with Gasteiger partial charge in [-0.15, -0.1) is 0 Å². The predicted molar refractivity (Wildman–Crippen MR) is 85.7 cm³/mol. The first-order valence-electron chi connectivity index (χ1n) is 7.58. The van der Waals surface area contributed by atoms with Crippen molar-refractivity contribution in [3.63, 3.8) is 0 Å². The fourth-order valence-corrected chi connectivity index (χ4v) is 2.60. The number of carbonyl (C=O) groups excluding carboxylic acids is 1. The van der Waals surface area contributed by atoms with Crippen LogP contribution in [-0.4, -0.2) is 29.3 Å². The van der Waals surface area contributed by atoms with Crippen molar-refractivity contribution in [1.82, 2.24) is 5.32 Å². The van der Waals surface area contributed by atoms with Gasteiger partial charge in [-0.25, -0.2) is 9.59 Å². The van der Waals surface area contributed by atoms with Gasteiger partial charge in [0.05, 0.1) is 0 Å². The number of ether oxygens (including phenoxy) is 2. The molecule has 2 aromatic carbocycles. The number of carboxylic acid groups (broad SMARTS) is 1. The molecule has 0 saturated heterocycles. The third-order valence-corrected chi connectivity index (χ3v) is 3.80. The fraction of sp³-hybridized carbons (Fsp3) is 0.222. The topological polar surface area (TPSA) is 84.9 Å². The Morgan fingerprint density at radius 3 is 2.58 bits per heavy atom. The standard InChI is InChI=1S/C18H17NO5/c20-17(21)16(15-10-13-8-4-5-9-14(13)24-15)19-18(22)23-11-12-6-2-1-3-7-12/h1-9,15-16H,10-11H2,(H,19,22)(H,20,21)/t15-,16-/m0/s1. The first-order valence-corrected chi connectivity index (χ1v) is 7.58. The smallest absolute Gasteiger partial charge is 0.408 e. The molecule has 1 amide bonds. The van der Waals surface area contributed by atoms with E-state index in [1.807, 2.05) is 48.5 Å². The highest BCUT2D eigenvalue weighted by Gasteiger charge is 2.36. The molecule has 0 saturated carbocycles. The third-order valence-electron chi connectivity index (χ3n) is 3.80. The molecule has 1 heterocycles. The minimum Gasteiger partial charge on any atom is -0.487 e. The van der Waals surface area contributed by atoms with Gasteiger partial charge >= 0.3 is 12.1 Å². The zero-order valence-electron chi connectivity index (χ0n) is 12.8. The number of para-hydroxylation sites is 1. The van der Waals surface area contributed by atoms with E-state index in [4.69, 9.17) is 9.47 Å². The summed E-state index contributed by atoms with van der Waals surface area (Å²) < 4.78 is 10.7. The second kappa shape index (κ2) is 7.04. The van der Waals surface area contributed by atoms with Gasteiger partial charge in [-0.1, -0.05) is 48.5 Å². The zero-order chi connectivity index (χ0) is 16.9. The molecule has 1 aliphatic heterocycles. The predicted octanol–water partition coefficient (Wildman–Crippen LogP) is 2.37. The Morgan fingerprint density at radius 2 is 1.88 bits per heavy atom. The second-order valence-electron chi connectivity index (χ2n) is 5.49. The molecule has 0 radical (unpaired) electrons. The van der Waals surface area contributed by atoms with Crippen LogP contribution in [0.1, 0.15) is 11.1 Å². The minimum atomic E-state index is -1.18. The molecule has 2 N–H and O–H groups in total. The zero-order valence-corrected chi connectivity index (χ0v) is 12.8. The van der Waals surface area contributed by atoms with E-state index >= 15 is 0 Å². The van der Waals surface area contributed by atoms with Crippen LogP contribution in [0.15, 0.2) is 54.6 Å². The van der Waals surface area contributed by atoms with Crippen LogP contribution in [-0.2, 0) is 22.6 Å². The summed E-state index contributed by atoms with van der Waals surface area (Å²) in [6.45, 7) is 0.0742. The van der Waals surface area contributed by atoms with Crippen LogP contribution in [0.2, 0.25) is 0 Å². The van der Waals surface area contributed by atoms with Crippen molar-refractivity contribution < 1.29 is 24.2 Å². The number of aliphatic carboxylic acids is 1. The highest BCUT2D eigenvalue weighted by atomic mass is 16.6. The molecule has 0 aromatic heterocycles. The maximum Gasteiger partial charge on any atom is 0.408 e. The van der Waals surface area contributed by atoms with Gasteiger partial charge in [0, 0.05) is 6.42 Å². The summed E-state index contributed by atoms with van der Waals surface area (Å²) in [4.78, 5) is 23.4. The molecular weight excluding hydrogens is 310 g/mol. The number of nitrogens with one attached hydrogen (secondary N) is 1. The molecule has 2 atom stereocenters. The second-order valence-corrected chi connectivity index (χ2v) is 5.49. The maximum atomic E-state index is 11.9. The number of hydrogen-bond acceptors (Lipinski definition) is 4. The Balaban J connectivity index is 1.59. The summed E-state index contributed by atoms with van der Waals surface area (Å²) >= 11 is 0. The lowest BCUT2D eigenvalue weighted by molar-refractivity contribution is -0.141. The molecule has 0 fully saturated rings. The molecular formula is C18H17NO5. The van der Waals surface area contributed by atoms with Gasteiger partial charge in [-0.05, 0) is 17.2 Å². The van der Waals surface area contributed by atoms with E-state index in [9.17, 15) is 14.7 Å². The Labute approximate surface area is 139 Å². The molecule has 3 rings (SSSR count). The highest BCUT2D eigenvalue weighted by Crippen LogP contribution is 2.29. The Kier molecular flexibility index (Phi) is 4.65. The van der Waals surface area contributed by atoms with E-state index in [2.05, 4.69) is 5.32 Å². The Bertz CT molecular complexity index is 706. The molecule has 1 aliphatic rings. The van der Waals surface area contributed by atoms with Gasteiger partial charge in [-0.2, -0.15) is 0 Å². The summed E-state index contributed by atoms with van der Waals surface area (Å²) in [5.74, 6) is -0.516. The summed E-state index contributed by atoms with van der Waals surface area (Å²) in [7, 11) is 0. The largest absolute Gasteiger partial charge is 0.487 e. The fourth-order valence-electron chi connectivity index (χ4n) is 2.60. The van der Waals surface area contributed by atoms with Crippen molar-refractivity contribution >= 4 is 12.1 Å². The SMILES string of the molecule is O=C(N[C@H](C(=O)O)[C@@H]1Cc2ccccc2O1)OCc1ccccc1. The van der Waals surface area contributed by atoms with Crippen molar-refractivity contribution in [2.75, 3.05) is 0 Å². The van der Waals surface area contributed by atoms with Gasteiger partial charge < -0.3 is 19.9 Å². The van der Waals surface area contributed by atoms with Crippen LogP contribution in [0, 0.1) is 0 Å². The number of amides is 1. The van der Waals surface area contributed by atoms with E-state index in [1.54, 1.807) is 6.07 Å². The summed E-state index contributed by atoms with van der Waals surface area (Å²) in [6.07, 6.45) is -1.03. The quantitative estimate of drug-likeness (QED) is 0.881. The van der Waals surface area contributed by atoms with E-state index < -0.39 is 24.2 Å². The third kappa shape index (κ3) is 3.65. The first kappa shape index (κ1) is 15.9. The molecule has 24 heavy (non-hydrogen) atoms. The molecule has 6 nitrogen and oxygen atoms in total. The van der Waals surface area contributed by atoms with Crippen LogP contribution in [0.5, 0.6) is 5.75 Å². The van der Waals surface area contributed by atoms with Gasteiger partial charge in [0.2, 0.25) is 0 Å². The van der Waals surface area contributed by atoms with Crippen molar-refractivity contribution in [1.29, 1.82) is 0 Å². The number of carbonyl (C=O) groups is 2.